The van der Waals surface area contributed by atoms with Crippen molar-refractivity contribution in [2.24, 2.45) is 0 Å². The van der Waals surface area contributed by atoms with Crippen molar-refractivity contribution in [2.75, 3.05) is 0 Å². The van der Waals surface area contributed by atoms with Crippen molar-refractivity contribution in [1.29, 1.82) is 0 Å². The van der Waals surface area contributed by atoms with Gasteiger partial charge in [0, 0.05) is 5.02 Å². The molecule has 1 nitrogen and oxygen atoms in total. The van der Waals surface area contributed by atoms with Gasteiger partial charge in [-0.3, -0.25) is 4.79 Å². The molecule has 0 bridgehead atoms. The number of carbonyl (C=O) groups is 1. The largest absolute Gasteiger partial charge is 0.275 e. The first-order chi connectivity index (χ1) is 5.52. The van der Waals surface area contributed by atoms with Crippen LogP contribution in [0, 0.1) is 11.6 Å². The summed E-state index contributed by atoms with van der Waals surface area (Å²) >= 11 is 10.2. The molecule has 0 radical (unpaired) electrons. The lowest BCUT2D eigenvalue weighted by Crippen LogP contribution is -1.98. The predicted octanol–water partition coefficient (Wildman–Crippen LogP) is 3.00. The zero-order valence-corrected chi connectivity index (χ0v) is 7.09. The summed E-state index contributed by atoms with van der Waals surface area (Å²) in [5.41, 5.74) is -0.777. The molecule has 0 atom stereocenters. The third-order valence-corrected chi connectivity index (χ3v) is 1.61. The molecule has 0 unspecified atom stereocenters. The maximum atomic E-state index is 12.7. The van der Waals surface area contributed by atoms with E-state index < -0.39 is 22.4 Å². The molecule has 0 amide bonds. The molecule has 0 spiro atoms. The Bertz CT molecular complexity index is 315. The van der Waals surface area contributed by atoms with Crippen LogP contribution in [0.2, 0.25) is 5.02 Å². The summed E-state index contributed by atoms with van der Waals surface area (Å²) in [4.78, 5) is 10.4. The van der Waals surface area contributed by atoms with Gasteiger partial charge in [-0.05, 0) is 23.7 Å². The molecule has 0 aliphatic carbocycles. The van der Waals surface area contributed by atoms with Crippen LogP contribution >= 0.6 is 23.2 Å². The highest BCUT2D eigenvalue weighted by molar-refractivity contribution is 6.67. The van der Waals surface area contributed by atoms with Gasteiger partial charge in [0.1, 0.15) is 17.2 Å². The zero-order chi connectivity index (χ0) is 9.30. The topological polar surface area (TPSA) is 17.1 Å². The van der Waals surface area contributed by atoms with Gasteiger partial charge in [-0.2, -0.15) is 0 Å². The third kappa shape index (κ3) is 1.73. The van der Waals surface area contributed by atoms with E-state index in [-0.39, 0.29) is 5.02 Å². The summed E-state index contributed by atoms with van der Waals surface area (Å²) in [7, 11) is 0. The fraction of sp³-hybridized carbons (Fsp3) is 0. The molecule has 1 aromatic carbocycles. The monoisotopic (exact) mass is 210 g/mol. The van der Waals surface area contributed by atoms with E-state index in [0.717, 1.165) is 12.1 Å². The minimum absolute atomic E-state index is 0.119. The van der Waals surface area contributed by atoms with Crippen LogP contribution in [0.1, 0.15) is 10.4 Å². The highest BCUT2D eigenvalue weighted by Gasteiger charge is 2.15. The molecule has 1 rings (SSSR count). The Labute approximate surface area is 76.9 Å². The highest BCUT2D eigenvalue weighted by Crippen LogP contribution is 2.20. The maximum Gasteiger partial charge on any atom is 0.258 e. The average molecular weight is 211 g/mol. The van der Waals surface area contributed by atoms with E-state index in [0.29, 0.717) is 0 Å². The van der Waals surface area contributed by atoms with Crippen molar-refractivity contribution in [1.82, 2.24) is 0 Å². The summed E-state index contributed by atoms with van der Waals surface area (Å²) in [6.45, 7) is 0. The molecule has 0 N–H and O–H groups in total. The molecule has 0 aromatic heterocycles. The second-order valence-corrected chi connectivity index (χ2v) is 2.80. The molecular formula is C7H2Cl2F2O. The molecule has 12 heavy (non-hydrogen) atoms. The number of benzene rings is 1. The van der Waals surface area contributed by atoms with E-state index >= 15 is 0 Å². The molecule has 0 saturated carbocycles. The molecule has 0 heterocycles. The Hall–Kier alpha value is -0.670. The first-order valence-corrected chi connectivity index (χ1v) is 3.62. The summed E-state index contributed by atoms with van der Waals surface area (Å²) in [6.07, 6.45) is 0. The van der Waals surface area contributed by atoms with Crippen LogP contribution in [0.3, 0.4) is 0 Å². The van der Waals surface area contributed by atoms with E-state index in [1.807, 2.05) is 0 Å². The number of halogens is 4. The van der Waals surface area contributed by atoms with Gasteiger partial charge in [0.25, 0.3) is 5.24 Å². The van der Waals surface area contributed by atoms with Crippen LogP contribution in [-0.2, 0) is 0 Å². The zero-order valence-electron chi connectivity index (χ0n) is 5.57. The lowest BCUT2D eigenvalue weighted by atomic mass is 10.2. The molecule has 0 aliphatic rings. The van der Waals surface area contributed by atoms with Crippen LogP contribution in [-0.4, -0.2) is 5.24 Å². The van der Waals surface area contributed by atoms with Crippen molar-refractivity contribution >= 4 is 28.4 Å². The Kier molecular flexibility index (Phi) is 2.65. The number of hydrogen-bond acceptors (Lipinski definition) is 1. The molecular weight excluding hydrogens is 209 g/mol. The predicted molar refractivity (Wildman–Crippen MR) is 41.6 cm³/mol. The SMILES string of the molecule is O=C(Cl)c1c(F)cc(Cl)cc1F. The summed E-state index contributed by atoms with van der Waals surface area (Å²) in [5.74, 6) is -2.11. The first-order valence-electron chi connectivity index (χ1n) is 2.86. The maximum absolute atomic E-state index is 12.7. The third-order valence-electron chi connectivity index (χ3n) is 1.20. The van der Waals surface area contributed by atoms with Crippen LogP contribution in [0.15, 0.2) is 12.1 Å². The molecule has 0 aliphatic heterocycles. The van der Waals surface area contributed by atoms with Crippen molar-refractivity contribution in [3.8, 4) is 0 Å². The molecule has 0 saturated heterocycles. The molecule has 64 valence electrons. The normalized spacial score (nSPS) is 10.0. The molecule has 1 aromatic rings. The van der Waals surface area contributed by atoms with Gasteiger partial charge in [0.15, 0.2) is 0 Å². The fourth-order valence-electron chi connectivity index (χ4n) is 0.730. The Morgan fingerprint density at radius 3 is 2.00 bits per heavy atom. The summed E-state index contributed by atoms with van der Waals surface area (Å²) in [5, 5.41) is -1.30. The van der Waals surface area contributed by atoms with Gasteiger partial charge < -0.3 is 0 Å². The van der Waals surface area contributed by atoms with Crippen LogP contribution in [0.25, 0.3) is 0 Å². The second kappa shape index (κ2) is 3.37. The standard InChI is InChI=1S/C7H2Cl2F2O/c8-3-1-4(10)6(7(9)12)5(11)2-3/h1-2H. The highest BCUT2D eigenvalue weighted by atomic mass is 35.5. The fourth-order valence-corrected chi connectivity index (χ4v) is 1.10. The first kappa shape index (κ1) is 9.42. The lowest BCUT2D eigenvalue weighted by molar-refractivity contribution is 0.107. The number of carbonyl (C=O) groups excluding carboxylic acids is 1. The van der Waals surface area contributed by atoms with Crippen molar-refractivity contribution < 1.29 is 13.6 Å². The van der Waals surface area contributed by atoms with Gasteiger partial charge >= 0.3 is 0 Å². The van der Waals surface area contributed by atoms with E-state index in [4.69, 9.17) is 23.2 Å². The van der Waals surface area contributed by atoms with Gasteiger partial charge in [-0.1, -0.05) is 11.6 Å². The quantitative estimate of drug-likeness (QED) is 0.652. The molecule has 5 heteroatoms. The van der Waals surface area contributed by atoms with Crippen molar-refractivity contribution in [3.05, 3.63) is 34.4 Å². The van der Waals surface area contributed by atoms with E-state index in [9.17, 15) is 13.6 Å². The van der Waals surface area contributed by atoms with E-state index in [2.05, 4.69) is 0 Å². The Morgan fingerprint density at radius 2 is 1.67 bits per heavy atom. The van der Waals surface area contributed by atoms with Gasteiger partial charge in [-0.15, -0.1) is 0 Å². The average Bonchev–Trinajstić information content (AvgIpc) is 1.82. The van der Waals surface area contributed by atoms with E-state index in [1.54, 1.807) is 0 Å². The number of hydrogen-bond donors (Lipinski definition) is 0. The number of rotatable bonds is 1. The van der Waals surface area contributed by atoms with Crippen molar-refractivity contribution in [3.63, 3.8) is 0 Å². The Morgan fingerprint density at radius 1 is 1.25 bits per heavy atom. The lowest BCUT2D eigenvalue weighted by Gasteiger charge is -1.98. The van der Waals surface area contributed by atoms with Crippen molar-refractivity contribution in [2.45, 2.75) is 0 Å². The van der Waals surface area contributed by atoms with Crippen LogP contribution in [0.5, 0.6) is 0 Å². The minimum Gasteiger partial charge on any atom is -0.275 e. The summed E-state index contributed by atoms with van der Waals surface area (Å²) < 4.78 is 25.5. The smallest absolute Gasteiger partial charge is 0.258 e. The summed E-state index contributed by atoms with van der Waals surface area (Å²) in [6, 6.07) is 1.64. The van der Waals surface area contributed by atoms with Gasteiger partial charge in [0.2, 0.25) is 0 Å². The van der Waals surface area contributed by atoms with E-state index in [1.165, 1.54) is 0 Å². The minimum atomic E-state index is -1.18. The van der Waals surface area contributed by atoms with Gasteiger partial charge in [0.05, 0.1) is 0 Å². The Balaban J connectivity index is 3.38. The van der Waals surface area contributed by atoms with Gasteiger partial charge in [-0.25, -0.2) is 8.78 Å². The van der Waals surface area contributed by atoms with Crippen LogP contribution in [0.4, 0.5) is 8.78 Å². The van der Waals surface area contributed by atoms with Crippen LogP contribution < -0.4 is 0 Å². The second-order valence-electron chi connectivity index (χ2n) is 2.02. The molecule has 0 fully saturated rings.